The Morgan fingerprint density at radius 3 is 2.94 bits per heavy atom. The zero-order chi connectivity index (χ0) is 12.4. The summed E-state index contributed by atoms with van der Waals surface area (Å²) in [5.74, 6) is 0.683. The normalized spacial score (nSPS) is 18.5. The van der Waals surface area contributed by atoms with Crippen LogP contribution in [-0.4, -0.2) is 24.4 Å². The predicted molar refractivity (Wildman–Crippen MR) is 65.4 cm³/mol. The number of nitrogens with two attached hydrogens (primary N) is 1. The van der Waals surface area contributed by atoms with E-state index in [1.54, 1.807) is 11.8 Å². The molecule has 0 saturated heterocycles. The second-order valence-corrected chi connectivity index (χ2v) is 3.99. The van der Waals surface area contributed by atoms with Crippen LogP contribution in [0.1, 0.15) is 13.3 Å². The summed E-state index contributed by atoms with van der Waals surface area (Å²) >= 11 is 0. The van der Waals surface area contributed by atoms with Crippen LogP contribution < -0.4 is 15.4 Å². The Labute approximate surface area is 99.7 Å². The van der Waals surface area contributed by atoms with E-state index < -0.39 is 6.10 Å². The van der Waals surface area contributed by atoms with Crippen LogP contribution in [0, 0.1) is 5.41 Å². The average molecular weight is 233 g/mol. The van der Waals surface area contributed by atoms with Gasteiger partial charge in [0.15, 0.2) is 6.10 Å². The minimum Gasteiger partial charge on any atom is -0.479 e. The summed E-state index contributed by atoms with van der Waals surface area (Å²) in [5.41, 5.74) is 6.07. The van der Waals surface area contributed by atoms with Gasteiger partial charge in [0.05, 0.1) is 11.5 Å². The Bertz CT molecular complexity index is 459. The Morgan fingerprint density at radius 2 is 2.24 bits per heavy atom. The lowest BCUT2D eigenvalue weighted by Crippen LogP contribution is -2.45. The number of para-hydroxylation sites is 2. The maximum atomic E-state index is 12.0. The van der Waals surface area contributed by atoms with Gasteiger partial charge in [-0.2, -0.15) is 0 Å². The molecule has 17 heavy (non-hydrogen) atoms. The number of amides is 1. The first-order valence-corrected chi connectivity index (χ1v) is 5.49. The van der Waals surface area contributed by atoms with E-state index >= 15 is 0 Å². The van der Waals surface area contributed by atoms with Crippen molar-refractivity contribution in [2.24, 2.45) is 5.73 Å². The van der Waals surface area contributed by atoms with Gasteiger partial charge in [-0.25, -0.2) is 0 Å². The molecule has 1 aromatic rings. The lowest BCUT2D eigenvalue weighted by Gasteiger charge is -2.32. The highest BCUT2D eigenvalue weighted by atomic mass is 16.5. The highest BCUT2D eigenvalue weighted by molar-refractivity contribution is 6.00. The fourth-order valence-electron chi connectivity index (χ4n) is 1.82. The third kappa shape index (κ3) is 2.22. The van der Waals surface area contributed by atoms with E-state index in [0.29, 0.717) is 18.7 Å². The quantitative estimate of drug-likeness (QED) is 0.606. The SMILES string of the molecule is CC1Oc2ccccc2N(CCC(=N)N)C1=O. The summed E-state index contributed by atoms with van der Waals surface area (Å²) in [4.78, 5) is 13.6. The number of anilines is 1. The van der Waals surface area contributed by atoms with Crippen molar-refractivity contribution in [1.29, 1.82) is 5.41 Å². The van der Waals surface area contributed by atoms with Gasteiger partial charge in [0, 0.05) is 13.0 Å². The number of carbonyl (C=O) groups is 1. The molecule has 1 aliphatic rings. The molecular formula is C12H15N3O2. The van der Waals surface area contributed by atoms with Gasteiger partial charge in [-0.1, -0.05) is 12.1 Å². The first-order valence-electron chi connectivity index (χ1n) is 5.49. The van der Waals surface area contributed by atoms with Crippen LogP contribution in [0.4, 0.5) is 5.69 Å². The molecule has 0 aliphatic carbocycles. The maximum absolute atomic E-state index is 12.0. The van der Waals surface area contributed by atoms with Gasteiger partial charge >= 0.3 is 0 Å². The molecule has 0 bridgehead atoms. The van der Waals surface area contributed by atoms with Crippen LogP contribution in [0.5, 0.6) is 5.75 Å². The molecular weight excluding hydrogens is 218 g/mol. The largest absolute Gasteiger partial charge is 0.479 e. The number of nitrogens with one attached hydrogen (secondary N) is 1. The molecule has 1 amide bonds. The highest BCUT2D eigenvalue weighted by Gasteiger charge is 2.30. The van der Waals surface area contributed by atoms with Gasteiger partial charge in [0.2, 0.25) is 0 Å². The minimum absolute atomic E-state index is 0.0782. The van der Waals surface area contributed by atoms with Crippen molar-refractivity contribution < 1.29 is 9.53 Å². The number of hydrogen-bond acceptors (Lipinski definition) is 3. The first kappa shape index (κ1) is 11.4. The minimum atomic E-state index is -0.489. The van der Waals surface area contributed by atoms with E-state index in [1.165, 1.54) is 0 Å². The van der Waals surface area contributed by atoms with E-state index in [2.05, 4.69) is 0 Å². The molecule has 1 aliphatic heterocycles. The van der Waals surface area contributed by atoms with Gasteiger partial charge in [-0.05, 0) is 19.1 Å². The molecule has 1 heterocycles. The average Bonchev–Trinajstić information content (AvgIpc) is 2.29. The van der Waals surface area contributed by atoms with E-state index in [9.17, 15) is 4.79 Å². The number of benzene rings is 1. The number of ether oxygens (including phenoxy) is 1. The van der Waals surface area contributed by atoms with Crippen molar-refractivity contribution in [3.05, 3.63) is 24.3 Å². The summed E-state index contributed by atoms with van der Waals surface area (Å²) in [7, 11) is 0. The zero-order valence-electron chi connectivity index (χ0n) is 9.64. The molecule has 1 aromatic carbocycles. The van der Waals surface area contributed by atoms with E-state index in [4.69, 9.17) is 15.9 Å². The van der Waals surface area contributed by atoms with Gasteiger partial charge < -0.3 is 15.4 Å². The van der Waals surface area contributed by atoms with Crippen molar-refractivity contribution in [1.82, 2.24) is 0 Å². The van der Waals surface area contributed by atoms with E-state index in [-0.39, 0.29) is 11.7 Å². The monoisotopic (exact) mass is 233 g/mol. The predicted octanol–water partition coefficient (Wildman–Crippen LogP) is 1.13. The Balaban J connectivity index is 2.28. The molecule has 0 saturated carbocycles. The second-order valence-electron chi connectivity index (χ2n) is 3.99. The molecule has 0 spiro atoms. The number of carbonyl (C=O) groups excluding carboxylic acids is 1. The molecule has 5 heteroatoms. The van der Waals surface area contributed by atoms with Crippen molar-refractivity contribution in [2.45, 2.75) is 19.4 Å². The summed E-state index contributed by atoms with van der Waals surface area (Å²) in [6, 6.07) is 7.38. The fourth-order valence-corrected chi connectivity index (χ4v) is 1.82. The summed E-state index contributed by atoms with van der Waals surface area (Å²) in [6.45, 7) is 2.14. The summed E-state index contributed by atoms with van der Waals surface area (Å²) < 4.78 is 5.50. The molecule has 90 valence electrons. The zero-order valence-corrected chi connectivity index (χ0v) is 9.64. The highest BCUT2D eigenvalue weighted by Crippen LogP contribution is 2.33. The molecule has 0 radical (unpaired) electrons. The van der Waals surface area contributed by atoms with Crippen molar-refractivity contribution in [2.75, 3.05) is 11.4 Å². The molecule has 5 nitrogen and oxygen atoms in total. The third-order valence-corrected chi connectivity index (χ3v) is 2.68. The van der Waals surface area contributed by atoms with E-state index in [1.807, 2.05) is 24.3 Å². The molecule has 2 rings (SSSR count). The smallest absolute Gasteiger partial charge is 0.267 e. The number of nitrogens with zero attached hydrogens (tertiary/aromatic N) is 1. The summed E-state index contributed by atoms with van der Waals surface area (Å²) in [6.07, 6.45) is -0.121. The van der Waals surface area contributed by atoms with Crippen molar-refractivity contribution >= 4 is 17.4 Å². The van der Waals surface area contributed by atoms with Gasteiger partial charge in [-0.3, -0.25) is 10.2 Å². The second kappa shape index (κ2) is 4.45. The van der Waals surface area contributed by atoms with Crippen LogP contribution in [0.3, 0.4) is 0 Å². The van der Waals surface area contributed by atoms with Crippen LogP contribution >= 0.6 is 0 Å². The topological polar surface area (TPSA) is 79.4 Å². The first-order chi connectivity index (χ1) is 8.09. The fraction of sp³-hybridized carbons (Fsp3) is 0.333. The summed E-state index contributed by atoms with van der Waals surface area (Å²) in [5, 5.41) is 7.22. The van der Waals surface area contributed by atoms with Crippen LogP contribution in [-0.2, 0) is 4.79 Å². The van der Waals surface area contributed by atoms with Crippen molar-refractivity contribution in [3.8, 4) is 5.75 Å². The third-order valence-electron chi connectivity index (χ3n) is 2.68. The van der Waals surface area contributed by atoms with E-state index in [0.717, 1.165) is 5.69 Å². The van der Waals surface area contributed by atoms with Crippen LogP contribution in [0.15, 0.2) is 24.3 Å². The van der Waals surface area contributed by atoms with Gasteiger partial charge in [0.25, 0.3) is 5.91 Å². The van der Waals surface area contributed by atoms with Gasteiger partial charge in [-0.15, -0.1) is 0 Å². The molecule has 3 N–H and O–H groups in total. The molecule has 0 aromatic heterocycles. The number of amidine groups is 1. The standard InChI is InChI=1S/C12H15N3O2/c1-8-12(16)15(7-6-11(13)14)9-4-2-3-5-10(9)17-8/h2-5,8H,6-7H2,1H3,(H3,13,14). The Hall–Kier alpha value is -2.04. The number of hydrogen-bond donors (Lipinski definition) is 2. The lowest BCUT2D eigenvalue weighted by atomic mass is 10.1. The molecule has 1 unspecified atom stereocenters. The Morgan fingerprint density at radius 1 is 1.53 bits per heavy atom. The maximum Gasteiger partial charge on any atom is 0.267 e. The van der Waals surface area contributed by atoms with Gasteiger partial charge in [0.1, 0.15) is 5.75 Å². The number of rotatable bonds is 3. The molecule has 1 atom stereocenters. The lowest BCUT2D eigenvalue weighted by molar-refractivity contribution is -0.125. The van der Waals surface area contributed by atoms with Crippen molar-refractivity contribution in [3.63, 3.8) is 0 Å². The van der Waals surface area contributed by atoms with Crippen LogP contribution in [0.2, 0.25) is 0 Å². The Kier molecular flexibility index (Phi) is 2.99. The molecule has 0 fully saturated rings. The number of fused-ring (bicyclic) bond motifs is 1. The van der Waals surface area contributed by atoms with Crippen LogP contribution in [0.25, 0.3) is 0 Å².